The van der Waals surface area contributed by atoms with Crippen LogP contribution in [0.2, 0.25) is 0 Å². The zero-order chi connectivity index (χ0) is 8.84. The predicted octanol–water partition coefficient (Wildman–Crippen LogP) is 2.36. The molecule has 0 saturated heterocycles. The average Bonchev–Trinajstić information content (AvgIpc) is 2.60. The zero-order valence-electron chi connectivity index (χ0n) is 7.40. The van der Waals surface area contributed by atoms with E-state index in [1.54, 1.807) is 11.8 Å². The molecule has 1 atom stereocenters. The molecule has 2 aliphatic rings. The van der Waals surface area contributed by atoms with Gasteiger partial charge in [0.1, 0.15) is 0 Å². The summed E-state index contributed by atoms with van der Waals surface area (Å²) in [5, 5.41) is 1.17. The molecular formula is C10H10N2S. The summed E-state index contributed by atoms with van der Waals surface area (Å²) in [6, 6.07) is 8.95. The molecule has 0 fully saturated rings. The SMILES string of the molecule is C[C@@H]1CN2C(=N1)Sc1ccccc12. The summed E-state index contributed by atoms with van der Waals surface area (Å²) in [4.78, 5) is 8.22. The Kier molecular flexibility index (Phi) is 1.44. The number of anilines is 1. The second kappa shape index (κ2) is 2.51. The van der Waals surface area contributed by atoms with Crippen LogP contribution in [0.3, 0.4) is 0 Å². The molecule has 2 aliphatic heterocycles. The first-order valence-electron chi connectivity index (χ1n) is 4.47. The van der Waals surface area contributed by atoms with Crippen molar-refractivity contribution in [3.63, 3.8) is 0 Å². The summed E-state index contributed by atoms with van der Waals surface area (Å²) in [5.41, 5.74) is 1.33. The van der Waals surface area contributed by atoms with Crippen molar-refractivity contribution in [2.75, 3.05) is 11.4 Å². The highest BCUT2D eigenvalue weighted by Gasteiger charge is 2.31. The van der Waals surface area contributed by atoms with Crippen molar-refractivity contribution in [1.29, 1.82) is 0 Å². The van der Waals surface area contributed by atoms with Crippen LogP contribution in [0.5, 0.6) is 0 Å². The van der Waals surface area contributed by atoms with E-state index in [1.165, 1.54) is 15.8 Å². The van der Waals surface area contributed by atoms with Crippen LogP contribution >= 0.6 is 11.8 Å². The normalized spacial score (nSPS) is 24.2. The number of benzene rings is 1. The van der Waals surface area contributed by atoms with Crippen molar-refractivity contribution >= 4 is 22.6 Å². The second-order valence-corrected chi connectivity index (χ2v) is 4.45. The van der Waals surface area contributed by atoms with Crippen LogP contribution in [0, 0.1) is 0 Å². The number of aliphatic imine (C=N–C) groups is 1. The minimum Gasteiger partial charge on any atom is -0.318 e. The van der Waals surface area contributed by atoms with E-state index in [4.69, 9.17) is 0 Å². The molecule has 2 heterocycles. The Balaban J connectivity index is 2.10. The number of nitrogens with zero attached hydrogens (tertiary/aromatic N) is 2. The maximum Gasteiger partial charge on any atom is 0.169 e. The van der Waals surface area contributed by atoms with Crippen molar-refractivity contribution < 1.29 is 0 Å². The van der Waals surface area contributed by atoms with Gasteiger partial charge in [-0.25, -0.2) is 0 Å². The summed E-state index contributed by atoms with van der Waals surface area (Å²) in [5.74, 6) is 0. The molecule has 0 aliphatic carbocycles. The minimum absolute atomic E-state index is 0.454. The van der Waals surface area contributed by atoms with Crippen molar-refractivity contribution in [1.82, 2.24) is 0 Å². The largest absolute Gasteiger partial charge is 0.318 e. The molecule has 0 aromatic heterocycles. The summed E-state index contributed by atoms with van der Waals surface area (Å²) in [6.45, 7) is 3.20. The first-order chi connectivity index (χ1) is 6.34. The summed E-state index contributed by atoms with van der Waals surface area (Å²) in [6.07, 6.45) is 0. The topological polar surface area (TPSA) is 15.6 Å². The Labute approximate surface area is 81.7 Å². The molecule has 3 rings (SSSR count). The lowest BCUT2D eigenvalue weighted by Gasteiger charge is -2.12. The van der Waals surface area contributed by atoms with Gasteiger partial charge in [-0.15, -0.1) is 0 Å². The maximum atomic E-state index is 4.57. The molecule has 3 heteroatoms. The fourth-order valence-corrected chi connectivity index (χ4v) is 2.93. The van der Waals surface area contributed by atoms with Gasteiger partial charge < -0.3 is 4.90 Å². The average molecular weight is 190 g/mol. The van der Waals surface area contributed by atoms with Crippen LogP contribution in [-0.4, -0.2) is 17.8 Å². The summed E-state index contributed by atoms with van der Waals surface area (Å²) in [7, 11) is 0. The molecule has 0 N–H and O–H groups in total. The summed E-state index contributed by atoms with van der Waals surface area (Å²) < 4.78 is 0. The summed E-state index contributed by atoms with van der Waals surface area (Å²) >= 11 is 1.79. The highest BCUT2D eigenvalue weighted by Crippen LogP contribution is 2.42. The van der Waals surface area contributed by atoms with E-state index < -0.39 is 0 Å². The van der Waals surface area contributed by atoms with Gasteiger partial charge in [-0.3, -0.25) is 4.99 Å². The highest BCUT2D eigenvalue weighted by molar-refractivity contribution is 8.14. The highest BCUT2D eigenvalue weighted by atomic mass is 32.2. The fraction of sp³-hybridized carbons (Fsp3) is 0.300. The quantitative estimate of drug-likeness (QED) is 0.624. The number of hydrogen-bond donors (Lipinski definition) is 0. The van der Waals surface area contributed by atoms with Crippen LogP contribution in [-0.2, 0) is 0 Å². The Morgan fingerprint density at radius 2 is 2.31 bits per heavy atom. The van der Waals surface area contributed by atoms with Crippen molar-refractivity contribution in [3.05, 3.63) is 24.3 Å². The molecule has 1 aromatic carbocycles. The van der Waals surface area contributed by atoms with E-state index in [0.29, 0.717) is 6.04 Å². The number of thioether (sulfide) groups is 1. The monoisotopic (exact) mass is 190 g/mol. The van der Waals surface area contributed by atoms with Crippen LogP contribution in [0.1, 0.15) is 6.92 Å². The predicted molar refractivity (Wildman–Crippen MR) is 56.5 cm³/mol. The standard InChI is InChI=1S/C10H10N2S/c1-7-6-12-8-4-2-3-5-9(8)13-10(12)11-7/h2-5,7H,6H2,1H3/t7-/m1/s1. The number of rotatable bonds is 0. The molecule has 0 unspecified atom stereocenters. The number of amidine groups is 1. The lowest BCUT2D eigenvalue weighted by Crippen LogP contribution is -2.22. The van der Waals surface area contributed by atoms with Gasteiger partial charge in [0.15, 0.2) is 5.17 Å². The van der Waals surface area contributed by atoms with E-state index in [1.807, 2.05) is 0 Å². The number of para-hydroxylation sites is 1. The van der Waals surface area contributed by atoms with E-state index in [2.05, 4.69) is 41.1 Å². The fourth-order valence-electron chi connectivity index (χ4n) is 1.79. The molecule has 0 radical (unpaired) electrons. The van der Waals surface area contributed by atoms with Gasteiger partial charge in [0.25, 0.3) is 0 Å². The third-order valence-corrected chi connectivity index (χ3v) is 3.44. The van der Waals surface area contributed by atoms with Crippen LogP contribution in [0.25, 0.3) is 0 Å². The number of fused-ring (bicyclic) bond motifs is 3. The Bertz CT molecular complexity index is 386. The molecule has 66 valence electrons. The molecule has 0 spiro atoms. The van der Waals surface area contributed by atoms with Crippen molar-refractivity contribution in [2.24, 2.45) is 4.99 Å². The maximum absolute atomic E-state index is 4.57. The lowest BCUT2D eigenvalue weighted by atomic mass is 10.3. The van der Waals surface area contributed by atoms with Gasteiger partial charge in [-0.2, -0.15) is 0 Å². The molecule has 1 aromatic rings. The molecule has 0 saturated carbocycles. The number of hydrogen-bond acceptors (Lipinski definition) is 3. The van der Waals surface area contributed by atoms with E-state index in [0.717, 1.165) is 6.54 Å². The van der Waals surface area contributed by atoms with Crippen molar-refractivity contribution in [2.45, 2.75) is 17.9 Å². The van der Waals surface area contributed by atoms with E-state index in [9.17, 15) is 0 Å². The zero-order valence-corrected chi connectivity index (χ0v) is 8.21. The van der Waals surface area contributed by atoms with Gasteiger partial charge >= 0.3 is 0 Å². The van der Waals surface area contributed by atoms with Crippen LogP contribution < -0.4 is 4.90 Å². The Morgan fingerprint density at radius 1 is 1.46 bits per heavy atom. The van der Waals surface area contributed by atoms with Gasteiger partial charge in [0.05, 0.1) is 11.7 Å². The Morgan fingerprint density at radius 3 is 3.23 bits per heavy atom. The first-order valence-corrected chi connectivity index (χ1v) is 5.28. The van der Waals surface area contributed by atoms with Gasteiger partial charge in [-0.1, -0.05) is 12.1 Å². The molecule has 0 bridgehead atoms. The molecule has 2 nitrogen and oxygen atoms in total. The van der Waals surface area contributed by atoms with E-state index >= 15 is 0 Å². The van der Waals surface area contributed by atoms with E-state index in [-0.39, 0.29) is 0 Å². The third-order valence-electron chi connectivity index (χ3n) is 2.37. The van der Waals surface area contributed by atoms with Crippen LogP contribution in [0.15, 0.2) is 34.2 Å². The second-order valence-electron chi connectivity index (χ2n) is 3.44. The lowest BCUT2D eigenvalue weighted by molar-refractivity contribution is 0.793. The molecule has 13 heavy (non-hydrogen) atoms. The Hall–Kier alpha value is -0.960. The van der Waals surface area contributed by atoms with Gasteiger partial charge in [0, 0.05) is 11.4 Å². The molecular weight excluding hydrogens is 180 g/mol. The first kappa shape index (κ1) is 7.44. The van der Waals surface area contributed by atoms with Crippen molar-refractivity contribution in [3.8, 4) is 0 Å². The van der Waals surface area contributed by atoms with Crippen LogP contribution in [0.4, 0.5) is 5.69 Å². The molecule has 0 amide bonds. The third kappa shape index (κ3) is 1.000. The minimum atomic E-state index is 0.454. The van der Waals surface area contributed by atoms with Gasteiger partial charge in [-0.05, 0) is 30.8 Å². The van der Waals surface area contributed by atoms with Gasteiger partial charge in [0.2, 0.25) is 0 Å². The smallest absolute Gasteiger partial charge is 0.169 e.